The molecule has 0 radical (unpaired) electrons. The number of hydrazine groups is 1. The molecule has 106 valence electrons. The molecule has 0 amide bonds. The average molecular weight is 275 g/mol. The van der Waals surface area contributed by atoms with Gasteiger partial charge < -0.3 is 14.9 Å². The van der Waals surface area contributed by atoms with Crippen LogP contribution in [-0.2, 0) is 11.3 Å². The highest BCUT2D eigenvalue weighted by Gasteiger charge is 2.08. The summed E-state index contributed by atoms with van der Waals surface area (Å²) in [5.74, 6) is 7.38. The SMILES string of the molecule is CCOCc1nc(NN)cc(Oc2cccnc2C)n1. The fourth-order valence-corrected chi connectivity index (χ4v) is 1.55. The predicted octanol–water partition coefficient (Wildman–Crippen LogP) is 1.79. The van der Waals surface area contributed by atoms with Crippen molar-refractivity contribution in [1.29, 1.82) is 0 Å². The molecule has 0 aromatic carbocycles. The number of pyridine rings is 1. The summed E-state index contributed by atoms with van der Waals surface area (Å²) in [6.07, 6.45) is 1.70. The summed E-state index contributed by atoms with van der Waals surface area (Å²) in [5, 5.41) is 0. The van der Waals surface area contributed by atoms with Crippen LogP contribution in [0.3, 0.4) is 0 Å². The van der Waals surface area contributed by atoms with Crippen molar-refractivity contribution < 1.29 is 9.47 Å². The van der Waals surface area contributed by atoms with Gasteiger partial charge in [-0.2, -0.15) is 4.98 Å². The molecule has 0 atom stereocenters. The summed E-state index contributed by atoms with van der Waals surface area (Å²) >= 11 is 0. The molecule has 7 heteroatoms. The molecule has 2 aromatic heterocycles. The third kappa shape index (κ3) is 3.62. The lowest BCUT2D eigenvalue weighted by Gasteiger charge is -2.10. The van der Waals surface area contributed by atoms with Crippen LogP contribution in [-0.4, -0.2) is 21.6 Å². The van der Waals surface area contributed by atoms with Crippen LogP contribution in [0.4, 0.5) is 5.82 Å². The number of nitrogen functional groups attached to an aromatic ring is 1. The third-order valence-corrected chi connectivity index (χ3v) is 2.51. The van der Waals surface area contributed by atoms with Crippen LogP contribution < -0.4 is 16.0 Å². The number of nitrogens with one attached hydrogen (secondary N) is 1. The summed E-state index contributed by atoms with van der Waals surface area (Å²) in [7, 11) is 0. The van der Waals surface area contributed by atoms with Gasteiger partial charge in [-0.1, -0.05) is 0 Å². The van der Waals surface area contributed by atoms with Crippen LogP contribution in [0.5, 0.6) is 11.6 Å². The monoisotopic (exact) mass is 275 g/mol. The summed E-state index contributed by atoms with van der Waals surface area (Å²) in [6.45, 7) is 4.65. The topological polar surface area (TPSA) is 95.2 Å². The van der Waals surface area contributed by atoms with Crippen molar-refractivity contribution in [2.24, 2.45) is 5.84 Å². The molecule has 7 nitrogen and oxygen atoms in total. The summed E-state index contributed by atoms with van der Waals surface area (Å²) in [6, 6.07) is 5.23. The Hall–Kier alpha value is -2.25. The van der Waals surface area contributed by atoms with E-state index in [0.29, 0.717) is 36.5 Å². The second-order valence-corrected chi connectivity index (χ2v) is 3.98. The Kier molecular flexibility index (Phi) is 4.80. The summed E-state index contributed by atoms with van der Waals surface area (Å²) < 4.78 is 11.0. The molecular weight excluding hydrogens is 258 g/mol. The minimum Gasteiger partial charge on any atom is -0.437 e. The van der Waals surface area contributed by atoms with Crippen molar-refractivity contribution in [1.82, 2.24) is 15.0 Å². The Balaban J connectivity index is 2.24. The van der Waals surface area contributed by atoms with Gasteiger partial charge in [0.05, 0.1) is 5.69 Å². The largest absolute Gasteiger partial charge is 0.437 e. The molecular formula is C13H17N5O2. The zero-order valence-corrected chi connectivity index (χ0v) is 11.5. The van der Waals surface area contributed by atoms with E-state index in [2.05, 4.69) is 20.4 Å². The van der Waals surface area contributed by atoms with Gasteiger partial charge in [0.15, 0.2) is 11.6 Å². The van der Waals surface area contributed by atoms with Crippen LogP contribution in [0.25, 0.3) is 0 Å². The molecule has 0 aliphatic carbocycles. The van der Waals surface area contributed by atoms with Crippen LogP contribution in [0.15, 0.2) is 24.4 Å². The van der Waals surface area contributed by atoms with Crippen LogP contribution in [0.1, 0.15) is 18.4 Å². The summed E-state index contributed by atoms with van der Waals surface area (Å²) in [4.78, 5) is 12.6. The second kappa shape index (κ2) is 6.78. The van der Waals surface area contributed by atoms with E-state index in [1.807, 2.05) is 19.9 Å². The van der Waals surface area contributed by atoms with Gasteiger partial charge in [-0.25, -0.2) is 10.8 Å². The lowest BCUT2D eigenvalue weighted by atomic mass is 10.3. The number of hydrogen-bond acceptors (Lipinski definition) is 7. The maximum Gasteiger partial charge on any atom is 0.224 e. The van der Waals surface area contributed by atoms with E-state index in [1.54, 1.807) is 18.3 Å². The van der Waals surface area contributed by atoms with E-state index in [9.17, 15) is 0 Å². The third-order valence-electron chi connectivity index (χ3n) is 2.51. The molecule has 20 heavy (non-hydrogen) atoms. The molecule has 0 aliphatic heterocycles. The van der Waals surface area contributed by atoms with E-state index >= 15 is 0 Å². The minimum absolute atomic E-state index is 0.300. The summed E-state index contributed by atoms with van der Waals surface area (Å²) in [5.41, 5.74) is 3.26. The van der Waals surface area contributed by atoms with Gasteiger partial charge >= 0.3 is 0 Å². The number of aromatic nitrogens is 3. The first-order valence-electron chi connectivity index (χ1n) is 6.24. The van der Waals surface area contributed by atoms with Gasteiger partial charge in [0.1, 0.15) is 12.4 Å². The first kappa shape index (κ1) is 14.2. The van der Waals surface area contributed by atoms with Gasteiger partial charge in [-0.3, -0.25) is 4.98 Å². The molecule has 2 heterocycles. The molecule has 0 saturated heterocycles. The number of nitrogens with zero attached hydrogens (tertiary/aromatic N) is 3. The van der Waals surface area contributed by atoms with Crippen molar-refractivity contribution in [3.63, 3.8) is 0 Å². The normalized spacial score (nSPS) is 10.3. The standard InChI is InChI=1S/C13H17N5O2/c1-3-19-8-12-16-11(18-14)7-13(17-12)20-10-5-4-6-15-9(10)2/h4-7H,3,8,14H2,1-2H3,(H,16,17,18). The van der Waals surface area contributed by atoms with Gasteiger partial charge in [-0.05, 0) is 26.0 Å². The smallest absolute Gasteiger partial charge is 0.224 e. The quantitative estimate of drug-likeness (QED) is 0.613. The van der Waals surface area contributed by atoms with Gasteiger partial charge in [0, 0.05) is 18.9 Å². The predicted molar refractivity (Wildman–Crippen MR) is 74.2 cm³/mol. The molecule has 0 spiro atoms. The lowest BCUT2D eigenvalue weighted by Crippen LogP contribution is -2.11. The van der Waals surface area contributed by atoms with E-state index in [0.717, 1.165) is 5.69 Å². The van der Waals surface area contributed by atoms with Crippen molar-refractivity contribution in [2.45, 2.75) is 20.5 Å². The number of nitrogens with two attached hydrogens (primary N) is 1. The molecule has 2 aromatic rings. The van der Waals surface area contributed by atoms with Crippen molar-refractivity contribution in [2.75, 3.05) is 12.0 Å². The molecule has 0 unspecified atom stereocenters. The van der Waals surface area contributed by atoms with E-state index < -0.39 is 0 Å². The maximum atomic E-state index is 5.71. The average Bonchev–Trinajstić information content (AvgIpc) is 2.47. The van der Waals surface area contributed by atoms with E-state index in [4.69, 9.17) is 15.3 Å². The Morgan fingerprint density at radius 3 is 2.90 bits per heavy atom. The molecule has 0 saturated carbocycles. The van der Waals surface area contributed by atoms with Gasteiger partial charge in [-0.15, -0.1) is 0 Å². The fourth-order valence-electron chi connectivity index (χ4n) is 1.55. The number of aryl methyl sites for hydroxylation is 1. The fraction of sp³-hybridized carbons (Fsp3) is 0.308. The highest BCUT2D eigenvalue weighted by Crippen LogP contribution is 2.23. The Labute approximate surface area is 117 Å². The minimum atomic E-state index is 0.300. The molecule has 0 aliphatic rings. The van der Waals surface area contributed by atoms with Gasteiger partial charge in [0.25, 0.3) is 0 Å². The Bertz CT molecular complexity index is 576. The zero-order valence-electron chi connectivity index (χ0n) is 11.5. The van der Waals surface area contributed by atoms with Gasteiger partial charge in [0.2, 0.25) is 5.88 Å². The highest BCUT2D eigenvalue weighted by molar-refractivity contribution is 5.39. The highest BCUT2D eigenvalue weighted by atomic mass is 16.5. The second-order valence-electron chi connectivity index (χ2n) is 3.98. The Morgan fingerprint density at radius 2 is 2.20 bits per heavy atom. The number of ether oxygens (including phenoxy) is 2. The molecule has 0 fully saturated rings. The first-order chi connectivity index (χ1) is 9.72. The number of anilines is 1. The van der Waals surface area contributed by atoms with E-state index in [1.165, 1.54) is 0 Å². The molecule has 0 bridgehead atoms. The number of hydrogen-bond donors (Lipinski definition) is 2. The number of rotatable bonds is 6. The van der Waals surface area contributed by atoms with E-state index in [-0.39, 0.29) is 0 Å². The molecule has 3 N–H and O–H groups in total. The van der Waals surface area contributed by atoms with Crippen LogP contribution in [0.2, 0.25) is 0 Å². The Morgan fingerprint density at radius 1 is 1.35 bits per heavy atom. The zero-order chi connectivity index (χ0) is 14.4. The van der Waals surface area contributed by atoms with Crippen molar-refractivity contribution in [3.8, 4) is 11.6 Å². The maximum absolute atomic E-state index is 5.71. The van der Waals surface area contributed by atoms with Crippen molar-refractivity contribution >= 4 is 5.82 Å². The first-order valence-corrected chi connectivity index (χ1v) is 6.24. The van der Waals surface area contributed by atoms with Crippen molar-refractivity contribution in [3.05, 3.63) is 35.9 Å². The molecule has 2 rings (SSSR count). The lowest BCUT2D eigenvalue weighted by molar-refractivity contribution is 0.128. The van der Waals surface area contributed by atoms with Crippen LogP contribution >= 0.6 is 0 Å². The van der Waals surface area contributed by atoms with Crippen LogP contribution in [0, 0.1) is 6.92 Å².